The molecule has 0 saturated heterocycles. The number of nitrogens with one attached hydrogen (secondary N) is 1. The smallest absolute Gasteiger partial charge is 0.0406 e. The van der Waals surface area contributed by atoms with Crippen LogP contribution in [0.3, 0.4) is 0 Å². The summed E-state index contributed by atoms with van der Waals surface area (Å²) < 4.78 is 0. The van der Waals surface area contributed by atoms with Gasteiger partial charge in [0.1, 0.15) is 0 Å². The zero-order valence-corrected chi connectivity index (χ0v) is 10.2. The van der Waals surface area contributed by atoms with E-state index in [2.05, 4.69) is 51.2 Å². The molecule has 2 nitrogen and oxygen atoms in total. The summed E-state index contributed by atoms with van der Waals surface area (Å²) in [5.74, 6) is 0.551. The largest absolute Gasteiger partial charge is 0.381 e. The van der Waals surface area contributed by atoms with Crippen LogP contribution in [0.2, 0.25) is 0 Å². The van der Waals surface area contributed by atoms with Crippen LogP contribution in [0.1, 0.15) is 25.0 Å². The highest BCUT2D eigenvalue weighted by Gasteiger charge is 2.11. The van der Waals surface area contributed by atoms with Crippen LogP contribution in [0, 0.1) is 19.8 Å². The maximum atomic E-state index is 5.75. The van der Waals surface area contributed by atoms with Crippen LogP contribution in [0.25, 0.3) is 0 Å². The topological polar surface area (TPSA) is 38.0 Å². The van der Waals surface area contributed by atoms with Gasteiger partial charge < -0.3 is 11.1 Å². The Balaban J connectivity index is 2.82. The number of rotatable bonds is 4. The van der Waals surface area contributed by atoms with E-state index in [1.807, 2.05) is 0 Å². The van der Waals surface area contributed by atoms with E-state index in [4.69, 9.17) is 5.73 Å². The number of benzene rings is 1. The molecule has 1 rings (SSSR count). The van der Waals surface area contributed by atoms with Gasteiger partial charge in [0, 0.05) is 18.3 Å². The average molecular weight is 206 g/mol. The molecule has 0 spiro atoms. The zero-order chi connectivity index (χ0) is 11.4. The van der Waals surface area contributed by atoms with Gasteiger partial charge in [-0.15, -0.1) is 0 Å². The van der Waals surface area contributed by atoms with Crippen molar-refractivity contribution >= 4 is 5.69 Å². The molecule has 0 radical (unpaired) electrons. The molecular weight excluding hydrogens is 184 g/mol. The molecule has 0 bridgehead atoms. The van der Waals surface area contributed by atoms with Crippen LogP contribution in [-0.2, 0) is 0 Å². The van der Waals surface area contributed by atoms with E-state index in [0.717, 1.165) is 0 Å². The molecule has 0 heterocycles. The van der Waals surface area contributed by atoms with E-state index in [-0.39, 0.29) is 0 Å². The molecule has 0 saturated carbocycles. The Morgan fingerprint density at radius 1 is 1.27 bits per heavy atom. The highest BCUT2D eigenvalue weighted by Crippen LogP contribution is 2.18. The first-order chi connectivity index (χ1) is 7.04. The van der Waals surface area contributed by atoms with Crippen molar-refractivity contribution in [2.24, 2.45) is 11.7 Å². The van der Waals surface area contributed by atoms with Gasteiger partial charge in [0.05, 0.1) is 0 Å². The first-order valence-electron chi connectivity index (χ1n) is 5.58. The van der Waals surface area contributed by atoms with Crippen molar-refractivity contribution in [1.82, 2.24) is 0 Å². The Kier molecular flexibility index (Phi) is 4.15. The average Bonchev–Trinajstić information content (AvgIpc) is 2.18. The van der Waals surface area contributed by atoms with Crippen molar-refractivity contribution in [3.63, 3.8) is 0 Å². The lowest BCUT2D eigenvalue weighted by Crippen LogP contribution is -2.33. The summed E-state index contributed by atoms with van der Waals surface area (Å²) in [6.07, 6.45) is 0. The Morgan fingerprint density at radius 3 is 2.47 bits per heavy atom. The molecule has 15 heavy (non-hydrogen) atoms. The molecule has 0 fully saturated rings. The minimum Gasteiger partial charge on any atom is -0.381 e. The molecule has 0 aliphatic heterocycles. The van der Waals surface area contributed by atoms with Crippen LogP contribution in [0.4, 0.5) is 5.69 Å². The summed E-state index contributed by atoms with van der Waals surface area (Å²) in [6.45, 7) is 9.28. The fourth-order valence-corrected chi connectivity index (χ4v) is 1.59. The maximum absolute atomic E-state index is 5.75. The fourth-order valence-electron chi connectivity index (χ4n) is 1.59. The van der Waals surface area contributed by atoms with Crippen molar-refractivity contribution < 1.29 is 0 Å². The molecule has 0 aliphatic carbocycles. The molecule has 1 unspecified atom stereocenters. The molecular formula is C13H22N2. The van der Waals surface area contributed by atoms with Gasteiger partial charge in [0.25, 0.3) is 0 Å². The molecule has 2 heteroatoms. The first kappa shape index (κ1) is 12.1. The predicted molar refractivity (Wildman–Crippen MR) is 67.2 cm³/mol. The van der Waals surface area contributed by atoms with E-state index in [1.165, 1.54) is 16.8 Å². The van der Waals surface area contributed by atoms with Crippen LogP contribution in [0.5, 0.6) is 0 Å². The SMILES string of the molecule is Cc1ccc(C)c(NC(CN)C(C)C)c1. The summed E-state index contributed by atoms with van der Waals surface area (Å²) >= 11 is 0. The van der Waals surface area contributed by atoms with Gasteiger partial charge in [-0.1, -0.05) is 26.0 Å². The van der Waals surface area contributed by atoms with Crippen molar-refractivity contribution in [2.75, 3.05) is 11.9 Å². The summed E-state index contributed by atoms with van der Waals surface area (Å²) in [7, 11) is 0. The standard InChI is InChI=1S/C13H22N2/c1-9(2)13(8-14)15-12-7-10(3)5-6-11(12)4/h5-7,9,13,15H,8,14H2,1-4H3. The van der Waals surface area contributed by atoms with Gasteiger partial charge in [0.2, 0.25) is 0 Å². The molecule has 84 valence electrons. The number of hydrogen-bond acceptors (Lipinski definition) is 2. The third-order valence-electron chi connectivity index (χ3n) is 2.79. The van der Waals surface area contributed by atoms with Crippen molar-refractivity contribution in [1.29, 1.82) is 0 Å². The maximum Gasteiger partial charge on any atom is 0.0406 e. The second-order valence-electron chi connectivity index (χ2n) is 4.55. The molecule has 3 N–H and O–H groups in total. The van der Waals surface area contributed by atoms with E-state index >= 15 is 0 Å². The fraction of sp³-hybridized carbons (Fsp3) is 0.538. The van der Waals surface area contributed by atoms with Gasteiger partial charge in [-0.25, -0.2) is 0 Å². The number of anilines is 1. The minimum atomic E-state index is 0.352. The second kappa shape index (κ2) is 5.17. The molecule has 1 aromatic carbocycles. The molecule has 0 amide bonds. The van der Waals surface area contributed by atoms with Crippen LogP contribution < -0.4 is 11.1 Å². The number of nitrogens with two attached hydrogens (primary N) is 1. The van der Waals surface area contributed by atoms with Crippen LogP contribution in [0.15, 0.2) is 18.2 Å². The summed E-state index contributed by atoms with van der Waals surface area (Å²) in [5, 5.41) is 3.51. The Morgan fingerprint density at radius 2 is 1.93 bits per heavy atom. The predicted octanol–water partition coefficient (Wildman–Crippen LogP) is 2.70. The lowest BCUT2D eigenvalue weighted by Gasteiger charge is -2.23. The minimum absolute atomic E-state index is 0.352. The second-order valence-corrected chi connectivity index (χ2v) is 4.55. The molecule has 0 aliphatic rings. The van der Waals surface area contributed by atoms with Gasteiger partial charge in [-0.3, -0.25) is 0 Å². The lowest BCUT2D eigenvalue weighted by molar-refractivity contribution is 0.531. The van der Waals surface area contributed by atoms with E-state index in [0.29, 0.717) is 18.5 Å². The van der Waals surface area contributed by atoms with Crippen LogP contribution >= 0.6 is 0 Å². The Labute approximate surface area is 92.9 Å². The van der Waals surface area contributed by atoms with Crippen LogP contribution in [-0.4, -0.2) is 12.6 Å². The molecule has 1 aromatic rings. The third kappa shape index (κ3) is 3.24. The Hall–Kier alpha value is -1.02. The van der Waals surface area contributed by atoms with E-state index < -0.39 is 0 Å². The van der Waals surface area contributed by atoms with Gasteiger partial charge in [-0.05, 0) is 37.0 Å². The van der Waals surface area contributed by atoms with Crippen molar-refractivity contribution in [2.45, 2.75) is 33.7 Å². The lowest BCUT2D eigenvalue weighted by atomic mass is 10.0. The number of hydrogen-bond donors (Lipinski definition) is 2. The van der Waals surface area contributed by atoms with E-state index in [1.54, 1.807) is 0 Å². The third-order valence-corrected chi connectivity index (χ3v) is 2.79. The first-order valence-corrected chi connectivity index (χ1v) is 5.58. The summed E-state index contributed by atoms with van der Waals surface area (Å²) in [5.41, 5.74) is 9.51. The van der Waals surface area contributed by atoms with Gasteiger partial charge in [-0.2, -0.15) is 0 Å². The summed E-state index contributed by atoms with van der Waals surface area (Å²) in [4.78, 5) is 0. The molecule has 0 aromatic heterocycles. The van der Waals surface area contributed by atoms with Crippen molar-refractivity contribution in [3.05, 3.63) is 29.3 Å². The van der Waals surface area contributed by atoms with E-state index in [9.17, 15) is 0 Å². The zero-order valence-electron chi connectivity index (χ0n) is 10.2. The summed E-state index contributed by atoms with van der Waals surface area (Å²) in [6, 6.07) is 6.81. The van der Waals surface area contributed by atoms with Crippen molar-refractivity contribution in [3.8, 4) is 0 Å². The highest BCUT2D eigenvalue weighted by molar-refractivity contribution is 5.53. The van der Waals surface area contributed by atoms with Gasteiger partial charge in [0.15, 0.2) is 0 Å². The van der Waals surface area contributed by atoms with Gasteiger partial charge >= 0.3 is 0 Å². The Bertz CT molecular complexity index is 318. The highest BCUT2D eigenvalue weighted by atomic mass is 14.9. The number of aryl methyl sites for hydroxylation is 2. The molecule has 1 atom stereocenters. The quantitative estimate of drug-likeness (QED) is 0.795. The monoisotopic (exact) mass is 206 g/mol. The normalized spacial score (nSPS) is 12.9.